The van der Waals surface area contributed by atoms with Crippen LogP contribution >= 0.6 is 11.8 Å². The molecule has 15 atom stereocenters. The summed E-state index contributed by atoms with van der Waals surface area (Å²) < 4.78 is 0. The number of Topliss-reactive ketones (excluding diaryl/α,β-unsaturated/α-hetero) is 4. The summed E-state index contributed by atoms with van der Waals surface area (Å²) in [4.78, 5) is 242. The van der Waals surface area contributed by atoms with Gasteiger partial charge in [0.1, 0.15) is 30.2 Å². The number of aliphatic hydroxyl groups is 3. The molecule has 11 amide bonds. The number of hydrogen-bond donors (Lipinski definition) is 13. The van der Waals surface area contributed by atoms with Crippen LogP contribution in [0, 0.1) is 29.6 Å². The number of carboxylic acid groups (broad SMARTS) is 2. The Hall–Kier alpha value is -11.1. The maximum Gasteiger partial charge on any atom is 0.305 e. The number of likely N-dealkylation sites (N-methyl/N-ethyl adjacent to an activating group) is 2. The van der Waals surface area contributed by atoms with Gasteiger partial charge in [0.15, 0.2) is 23.1 Å². The molecule has 2 aliphatic heterocycles. The molecule has 0 unspecified atom stereocenters. The number of carbonyl (C=O) groups excluding carboxylic acids is 15. The van der Waals surface area contributed by atoms with Gasteiger partial charge in [0.2, 0.25) is 65.0 Å². The Balaban J connectivity index is 1.40. The van der Waals surface area contributed by atoms with Crippen LogP contribution in [0.2, 0.25) is 0 Å². The molecule has 0 saturated carbocycles. The van der Waals surface area contributed by atoms with Crippen molar-refractivity contribution < 1.29 is 107 Å². The van der Waals surface area contributed by atoms with Gasteiger partial charge in [-0.2, -0.15) is 0 Å². The van der Waals surface area contributed by atoms with Gasteiger partial charge < -0.3 is 83.2 Å². The van der Waals surface area contributed by atoms with E-state index in [-0.39, 0.29) is 38.6 Å². The number of rotatable bonds is 19. The second-order valence-corrected chi connectivity index (χ2v) is 30.9. The van der Waals surface area contributed by atoms with Crippen molar-refractivity contribution in [2.45, 2.75) is 185 Å². The Morgan fingerprint density at radius 1 is 0.526 bits per heavy atom. The molecule has 14 N–H and O–H groups in total. The molecule has 2 aliphatic rings. The Morgan fingerprint density at radius 3 is 1.58 bits per heavy atom. The maximum absolute atomic E-state index is 15.1. The van der Waals surface area contributed by atoms with E-state index in [1.807, 2.05) is 30.3 Å². The lowest BCUT2D eigenvalue weighted by Gasteiger charge is -2.32. The number of nitrogens with two attached hydrogens (primary N) is 1. The minimum Gasteiger partial charge on any atom is -0.481 e. The number of benzene rings is 4. The number of ketones is 4. The third kappa shape index (κ3) is 28.1. The molecule has 628 valence electrons. The van der Waals surface area contributed by atoms with E-state index in [2.05, 4.69) is 37.2 Å². The molecule has 2 heterocycles. The zero-order chi connectivity index (χ0) is 85.8. The lowest BCUT2D eigenvalue weighted by molar-refractivity contribution is -0.145. The molecule has 34 heteroatoms. The molecular formula is C82H107N11O22S. The highest BCUT2D eigenvalue weighted by molar-refractivity contribution is 8.00. The number of carboxylic acids is 2. The maximum atomic E-state index is 15.1. The molecule has 0 bridgehead atoms. The van der Waals surface area contributed by atoms with Crippen molar-refractivity contribution in [3.05, 3.63) is 132 Å². The molecule has 2 saturated heterocycles. The summed E-state index contributed by atoms with van der Waals surface area (Å²) in [5.74, 6) is -24.6. The largest absolute Gasteiger partial charge is 0.481 e. The number of nitrogens with zero attached hydrogens (tertiary/aromatic N) is 3. The summed E-state index contributed by atoms with van der Waals surface area (Å²) in [5.41, 5.74) is 8.60. The van der Waals surface area contributed by atoms with E-state index in [0.29, 0.717) is 16.7 Å². The third-order valence-electron chi connectivity index (χ3n) is 20.8. The summed E-state index contributed by atoms with van der Waals surface area (Å²) in [6.07, 6.45) is -9.02. The molecular weight excluding hydrogens is 1520 g/mol. The zero-order valence-corrected chi connectivity index (χ0v) is 67.0. The van der Waals surface area contributed by atoms with Crippen molar-refractivity contribution in [1.29, 1.82) is 0 Å². The van der Waals surface area contributed by atoms with E-state index < -0.39 is 266 Å². The van der Waals surface area contributed by atoms with Gasteiger partial charge in [-0.3, -0.25) is 81.5 Å². The van der Waals surface area contributed by atoms with E-state index in [9.17, 15) is 102 Å². The first kappa shape index (κ1) is 93.8. The molecule has 0 aliphatic carbocycles. The Bertz CT molecular complexity index is 4150. The Morgan fingerprint density at radius 2 is 1.03 bits per heavy atom. The van der Waals surface area contributed by atoms with Gasteiger partial charge in [-0.15, -0.1) is 11.8 Å². The van der Waals surface area contributed by atoms with Crippen molar-refractivity contribution in [2.75, 3.05) is 45.3 Å². The highest BCUT2D eigenvalue weighted by Gasteiger charge is 2.43. The minimum atomic E-state index is -1.95. The standard InChI is InChI=1S/C82H107N11O22S/c1-45(2)57-38-67(99)59(34-50-19-12-9-13-20-50)85-70(102)44-116-43-63(77(110)84-41-69(83)101)89-78(111)64-25-18-32-93(64)82(115)62(42-94)88-74(107)55(30-31-71(103)104)36-65(97)46(3)91(7)80(113)56(33-52-26-28-54(29-27-52)53-23-16-11-17-24-53)37-66(98)47(4)92(8)81(114)61(35-51-21-14-10-15-22-51)87-79(112)73(49(6)96)90-76(109)58(48(5)95)39-68(100)60(40-72(105)106)86-75(57)108/h9-17,19-24,26-29,45-49,55-64,73,94-96H,18,25,30-44H2,1-8H3,(H2,83,101)(H,84,110)(H,85,102)(H,86,108)(H,87,112)(H,88,107)(H,89,111)(H,90,109)(H,103,104)(H,105,106)/t46-,47-,48+,49+,55+,56+,57-,58-,59-,60-,61-,62-,63-,64-,73-/m0/s1. The number of primary amides is 1. The van der Waals surface area contributed by atoms with Gasteiger partial charge in [-0.1, -0.05) is 129 Å². The van der Waals surface area contributed by atoms with E-state index in [0.717, 1.165) is 51.4 Å². The van der Waals surface area contributed by atoms with E-state index in [4.69, 9.17) is 5.73 Å². The van der Waals surface area contributed by atoms with Crippen LogP contribution in [0.15, 0.2) is 115 Å². The predicted octanol–water partition coefficient (Wildman–Crippen LogP) is 0.374. The van der Waals surface area contributed by atoms with Gasteiger partial charge in [0, 0.05) is 82.7 Å². The summed E-state index contributed by atoms with van der Waals surface area (Å²) in [7, 11) is 2.55. The molecule has 116 heavy (non-hydrogen) atoms. The van der Waals surface area contributed by atoms with Crippen LogP contribution in [0.5, 0.6) is 0 Å². The van der Waals surface area contributed by atoms with Gasteiger partial charge in [-0.05, 0) is 93.5 Å². The average Bonchev–Trinajstić information content (AvgIpc) is 1.54. The fourth-order valence-corrected chi connectivity index (χ4v) is 14.5. The first-order valence-electron chi connectivity index (χ1n) is 38.4. The molecule has 0 aromatic heterocycles. The van der Waals surface area contributed by atoms with Crippen LogP contribution in [0.4, 0.5) is 0 Å². The smallest absolute Gasteiger partial charge is 0.305 e. The van der Waals surface area contributed by atoms with Crippen LogP contribution in [0.25, 0.3) is 11.1 Å². The summed E-state index contributed by atoms with van der Waals surface area (Å²) in [6.45, 7) is 6.15. The topological polar surface area (TPSA) is 511 Å². The number of fused-ring (bicyclic) bond motifs is 1. The number of thioether (sulfide) groups is 1. The molecule has 2 fully saturated rings. The fourth-order valence-electron chi connectivity index (χ4n) is 13.6. The van der Waals surface area contributed by atoms with E-state index in [1.54, 1.807) is 98.8 Å². The second-order valence-electron chi connectivity index (χ2n) is 29.9. The van der Waals surface area contributed by atoms with E-state index >= 15 is 4.79 Å². The zero-order valence-electron chi connectivity index (χ0n) is 66.2. The first-order valence-corrected chi connectivity index (χ1v) is 39.6. The van der Waals surface area contributed by atoms with Crippen molar-refractivity contribution in [3.8, 4) is 11.1 Å². The quantitative estimate of drug-likeness (QED) is 0.0603. The molecule has 4 aromatic carbocycles. The predicted molar refractivity (Wildman–Crippen MR) is 423 cm³/mol. The van der Waals surface area contributed by atoms with Gasteiger partial charge in [-0.25, -0.2) is 0 Å². The van der Waals surface area contributed by atoms with Crippen molar-refractivity contribution in [2.24, 2.45) is 35.3 Å². The SMILES string of the molecule is CC(C)[C@@H]1CC(=O)[C@H](Cc2ccccc2)NC(=O)CSC[C@@H](C(=O)NCC(N)=O)NC(=O)[C@@H]2CCCN2C(=O)[C@H](CO)NC(=O)[C@H](CCC(=O)O)CC(=O)[C@H](C)N(C)C(=O)[C@H](Cc2ccc(-c3ccccc3)cc2)CC(=O)[C@H](C)N(C)C(=O)[C@H](Cc2ccccc2)NC(=O)[C@H]([C@@H](C)O)NC(=O)[C@H]([C@@H](C)O)CC(=O)[C@H](CC(=O)O)NC1=O. The van der Waals surface area contributed by atoms with Crippen LogP contribution in [0.3, 0.4) is 0 Å². The van der Waals surface area contributed by atoms with Crippen molar-refractivity contribution >= 4 is 112 Å². The second kappa shape index (κ2) is 45.3. The van der Waals surface area contributed by atoms with E-state index in [1.165, 1.54) is 27.9 Å². The average molecular weight is 1630 g/mol. The normalized spacial score (nSPS) is 25.4. The first-order chi connectivity index (χ1) is 54.9. The molecule has 4 aromatic rings. The highest BCUT2D eigenvalue weighted by atomic mass is 32.2. The Labute approximate surface area is 676 Å². The highest BCUT2D eigenvalue weighted by Crippen LogP contribution is 2.28. The van der Waals surface area contributed by atoms with Gasteiger partial charge in [0.25, 0.3) is 0 Å². The van der Waals surface area contributed by atoms with Crippen molar-refractivity contribution in [3.63, 3.8) is 0 Å². The molecule has 33 nitrogen and oxygen atoms in total. The summed E-state index contributed by atoms with van der Waals surface area (Å²) in [5, 5.41) is 70.2. The van der Waals surface area contributed by atoms with Gasteiger partial charge in [0.05, 0.1) is 67.6 Å². The Kier molecular flexibility index (Phi) is 36.6. The summed E-state index contributed by atoms with van der Waals surface area (Å²) in [6, 6.07) is 18.7. The van der Waals surface area contributed by atoms with Crippen LogP contribution < -0.4 is 43.0 Å². The number of hydrogen-bond acceptors (Lipinski definition) is 21. The molecule has 0 radical (unpaired) electrons. The monoisotopic (exact) mass is 1630 g/mol. The van der Waals surface area contributed by atoms with Crippen LogP contribution in [-0.2, 0) is 101 Å². The minimum absolute atomic E-state index is 0.0231. The number of carbonyl (C=O) groups is 17. The number of aliphatic hydroxyl groups excluding tert-OH is 3. The van der Waals surface area contributed by atoms with Crippen LogP contribution in [-0.4, -0.2) is 252 Å². The molecule has 6 rings (SSSR count). The lowest BCUT2D eigenvalue weighted by Crippen LogP contribution is -2.59. The lowest BCUT2D eigenvalue weighted by atomic mass is 9.86. The summed E-state index contributed by atoms with van der Waals surface area (Å²) >= 11 is 0.780. The third-order valence-corrected chi connectivity index (χ3v) is 21.9. The van der Waals surface area contributed by atoms with Gasteiger partial charge >= 0.3 is 11.9 Å². The fraction of sp³-hybridized carbons (Fsp3) is 0.500. The number of nitrogens with one attached hydrogen (secondary N) is 7. The van der Waals surface area contributed by atoms with Crippen LogP contribution in [0.1, 0.15) is 116 Å². The van der Waals surface area contributed by atoms with Crippen molar-refractivity contribution in [1.82, 2.24) is 51.9 Å². The molecule has 0 spiro atoms. The number of aliphatic carboxylic acids is 2. The number of amides is 11.